The molecule has 1 amide bonds. The Bertz CT molecular complexity index is 826. The van der Waals surface area contributed by atoms with Gasteiger partial charge in [0.1, 0.15) is 18.1 Å². The second-order valence-electron chi connectivity index (χ2n) is 6.81. The summed E-state index contributed by atoms with van der Waals surface area (Å²) in [5, 5.41) is 12.3. The fourth-order valence-corrected chi connectivity index (χ4v) is 4.00. The molecule has 146 valence electrons. The molecule has 1 aromatic carbocycles. The molecule has 1 aromatic heterocycles. The molecule has 0 aliphatic carbocycles. The van der Waals surface area contributed by atoms with Crippen molar-refractivity contribution in [2.75, 3.05) is 19.6 Å². The second-order valence-corrected chi connectivity index (χ2v) is 7.22. The topological polar surface area (TPSA) is 72.3 Å². The average Bonchev–Trinajstić information content (AvgIpc) is 3.23. The van der Waals surface area contributed by atoms with Crippen molar-refractivity contribution >= 4 is 29.9 Å². The number of likely N-dealkylation sites (tertiary alicyclic amines) is 1. The SMILES string of the molecule is Cl.Cn1cc(COc2ccc(Cl)c3c2C(CN2CCCC2=O)NCC3)nn1. The highest BCUT2D eigenvalue weighted by molar-refractivity contribution is 6.31. The number of amides is 1. The van der Waals surface area contributed by atoms with Gasteiger partial charge in [0.2, 0.25) is 5.91 Å². The van der Waals surface area contributed by atoms with E-state index < -0.39 is 0 Å². The number of rotatable bonds is 5. The highest BCUT2D eigenvalue weighted by atomic mass is 35.5. The first kappa shape index (κ1) is 19.9. The maximum atomic E-state index is 12.0. The second kappa shape index (κ2) is 8.46. The third kappa shape index (κ3) is 4.20. The molecule has 0 bridgehead atoms. The molecule has 1 N–H and O–H groups in total. The Labute approximate surface area is 169 Å². The van der Waals surface area contributed by atoms with Crippen LogP contribution in [0.15, 0.2) is 18.3 Å². The number of carbonyl (C=O) groups excluding carboxylic acids is 1. The summed E-state index contributed by atoms with van der Waals surface area (Å²) in [7, 11) is 1.83. The van der Waals surface area contributed by atoms with Crippen LogP contribution in [0.2, 0.25) is 5.02 Å². The predicted octanol–water partition coefficient (Wildman–Crippen LogP) is 2.28. The Balaban J connectivity index is 0.00000210. The van der Waals surface area contributed by atoms with Gasteiger partial charge in [-0.1, -0.05) is 16.8 Å². The Kier molecular flexibility index (Phi) is 6.24. The van der Waals surface area contributed by atoms with Crippen LogP contribution in [-0.4, -0.2) is 45.4 Å². The van der Waals surface area contributed by atoms with Gasteiger partial charge in [0.25, 0.3) is 0 Å². The van der Waals surface area contributed by atoms with Gasteiger partial charge in [0, 0.05) is 37.1 Å². The number of halogens is 2. The van der Waals surface area contributed by atoms with Crippen molar-refractivity contribution in [3.8, 4) is 5.75 Å². The zero-order valence-electron chi connectivity index (χ0n) is 15.2. The zero-order chi connectivity index (χ0) is 18.1. The van der Waals surface area contributed by atoms with Crippen molar-refractivity contribution in [3.05, 3.63) is 40.2 Å². The molecule has 1 unspecified atom stereocenters. The Morgan fingerprint density at radius 3 is 2.93 bits per heavy atom. The van der Waals surface area contributed by atoms with Gasteiger partial charge in [-0.2, -0.15) is 0 Å². The average molecular weight is 412 g/mol. The molecule has 0 saturated carbocycles. The molecule has 1 saturated heterocycles. The van der Waals surface area contributed by atoms with Crippen LogP contribution < -0.4 is 10.1 Å². The van der Waals surface area contributed by atoms with Crippen LogP contribution >= 0.6 is 24.0 Å². The van der Waals surface area contributed by atoms with Gasteiger partial charge in [0.05, 0.1) is 12.2 Å². The Morgan fingerprint density at radius 1 is 1.37 bits per heavy atom. The van der Waals surface area contributed by atoms with Crippen LogP contribution in [0.4, 0.5) is 0 Å². The first-order valence-electron chi connectivity index (χ1n) is 8.92. The molecule has 0 spiro atoms. The van der Waals surface area contributed by atoms with E-state index in [2.05, 4.69) is 15.6 Å². The van der Waals surface area contributed by atoms with Crippen LogP contribution in [0.1, 0.15) is 35.7 Å². The van der Waals surface area contributed by atoms with Gasteiger partial charge in [-0.15, -0.1) is 17.5 Å². The van der Waals surface area contributed by atoms with E-state index in [0.717, 1.165) is 53.5 Å². The summed E-state index contributed by atoms with van der Waals surface area (Å²) < 4.78 is 7.71. The highest BCUT2D eigenvalue weighted by Crippen LogP contribution is 2.37. The number of nitrogens with zero attached hydrogens (tertiary/aromatic N) is 4. The van der Waals surface area contributed by atoms with E-state index in [1.807, 2.05) is 30.3 Å². The third-order valence-electron chi connectivity index (χ3n) is 4.97. The van der Waals surface area contributed by atoms with Crippen LogP contribution in [0.25, 0.3) is 0 Å². The number of hydrogen-bond donors (Lipinski definition) is 1. The van der Waals surface area contributed by atoms with E-state index in [1.54, 1.807) is 4.68 Å². The van der Waals surface area contributed by atoms with Crippen LogP contribution in [0.3, 0.4) is 0 Å². The van der Waals surface area contributed by atoms with Gasteiger partial charge >= 0.3 is 0 Å². The minimum absolute atomic E-state index is 0. The number of fused-ring (bicyclic) bond motifs is 1. The quantitative estimate of drug-likeness (QED) is 0.816. The molecule has 1 fully saturated rings. The number of benzene rings is 1. The minimum Gasteiger partial charge on any atom is -0.487 e. The van der Waals surface area contributed by atoms with E-state index in [4.69, 9.17) is 16.3 Å². The lowest BCUT2D eigenvalue weighted by Crippen LogP contribution is -2.39. The first-order valence-corrected chi connectivity index (χ1v) is 9.30. The molecular formula is C18H23Cl2N5O2. The zero-order valence-corrected chi connectivity index (χ0v) is 16.7. The lowest BCUT2D eigenvalue weighted by Gasteiger charge is -2.32. The molecule has 2 aromatic rings. The lowest BCUT2D eigenvalue weighted by molar-refractivity contribution is -0.128. The largest absolute Gasteiger partial charge is 0.487 e. The Hall–Kier alpha value is -1.83. The van der Waals surface area contributed by atoms with Crippen LogP contribution in [-0.2, 0) is 24.9 Å². The molecule has 3 heterocycles. The first-order chi connectivity index (χ1) is 12.6. The number of aromatic nitrogens is 3. The third-order valence-corrected chi connectivity index (χ3v) is 5.33. The summed E-state index contributed by atoms with van der Waals surface area (Å²) in [6, 6.07) is 3.82. The Morgan fingerprint density at radius 2 is 2.22 bits per heavy atom. The summed E-state index contributed by atoms with van der Waals surface area (Å²) in [6.45, 7) is 2.65. The van der Waals surface area contributed by atoms with Crippen molar-refractivity contribution in [2.24, 2.45) is 7.05 Å². The molecule has 4 rings (SSSR count). The maximum Gasteiger partial charge on any atom is 0.222 e. The van der Waals surface area contributed by atoms with Crippen molar-refractivity contribution in [2.45, 2.75) is 31.9 Å². The smallest absolute Gasteiger partial charge is 0.222 e. The lowest BCUT2D eigenvalue weighted by atomic mass is 9.92. The predicted molar refractivity (Wildman–Crippen MR) is 104 cm³/mol. The van der Waals surface area contributed by atoms with Gasteiger partial charge < -0.3 is 15.0 Å². The molecule has 1 atom stereocenters. The molecule has 7 nitrogen and oxygen atoms in total. The fourth-order valence-electron chi connectivity index (χ4n) is 3.74. The van der Waals surface area contributed by atoms with Crippen molar-refractivity contribution in [3.63, 3.8) is 0 Å². The molecule has 2 aliphatic rings. The van der Waals surface area contributed by atoms with Crippen molar-refractivity contribution < 1.29 is 9.53 Å². The van der Waals surface area contributed by atoms with Crippen molar-refractivity contribution in [1.29, 1.82) is 0 Å². The standard InChI is InChI=1S/C18H22ClN5O2.ClH/c1-23-9-12(21-22-23)11-26-16-5-4-14(19)13-6-7-20-15(18(13)16)10-24-8-2-3-17(24)25;/h4-5,9,15,20H,2-3,6-8,10-11H2,1H3;1H. The van der Waals surface area contributed by atoms with Crippen molar-refractivity contribution in [1.82, 2.24) is 25.2 Å². The molecule has 2 aliphatic heterocycles. The van der Waals surface area contributed by atoms with E-state index in [9.17, 15) is 4.79 Å². The number of carbonyl (C=O) groups is 1. The minimum atomic E-state index is 0. The molecule has 0 radical (unpaired) electrons. The molecule has 27 heavy (non-hydrogen) atoms. The number of aryl methyl sites for hydroxylation is 1. The van der Waals surface area contributed by atoms with Crippen LogP contribution in [0, 0.1) is 0 Å². The van der Waals surface area contributed by atoms with Gasteiger partial charge in [-0.25, -0.2) is 0 Å². The summed E-state index contributed by atoms with van der Waals surface area (Å²) >= 11 is 6.46. The van der Waals surface area contributed by atoms with Gasteiger partial charge in [0.15, 0.2) is 0 Å². The monoisotopic (exact) mass is 411 g/mol. The van der Waals surface area contributed by atoms with Gasteiger partial charge in [-0.3, -0.25) is 9.48 Å². The summed E-state index contributed by atoms with van der Waals surface area (Å²) in [4.78, 5) is 14.0. The van der Waals surface area contributed by atoms with E-state index in [-0.39, 0.29) is 24.4 Å². The summed E-state index contributed by atoms with van der Waals surface area (Å²) in [5.74, 6) is 1.02. The highest BCUT2D eigenvalue weighted by Gasteiger charge is 2.30. The van der Waals surface area contributed by atoms with E-state index >= 15 is 0 Å². The summed E-state index contributed by atoms with van der Waals surface area (Å²) in [6.07, 6.45) is 4.26. The number of hydrogen-bond acceptors (Lipinski definition) is 5. The number of nitrogens with one attached hydrogen (secondary N) is 1. The van der Waals surface area contributed by atoms with Crippen LogP contribution in [0.5, 0.6) is 5.75 Å². The normalized spacial score (nSPS) is 19.0. The van der Waals surface area contributed by atoms with Gasteiger partial charge in [-0.05, 0) is 37.1 Å². The fraction of sp³-hybridized carbons (Fsp3) is 0.500. The van der Waals surface area contributed by atoms with E-state index in [1.165, 1.54) is 0 Å². The number of ether oxygens (including phenoxy) is 1. The maximum absolute atomic E-state index is 12.0. The molecular weight excluding hydrogens is 389 g/mol. The van der Waals surface area contributed by atoms with E-state index in [0.29, 0.717) is 19.6 Å². The molecule has 9 heteroatoms. The summed E-state index contributed by atoms with van der Waals surface area (Å²) in [5.41, 5.74) is 2.94.